The van der Waals surface area contributed by atoms with Crippen molar-refractivity contribution in [2.45, 2.75) is 0 Å². The zero-order valence-electron chi connectivity index (χ0n) is 4.02. The van der Waals surface area contributed by atoms with Crippen molar-refractivity contribution in [2.75, 3.05) is 0 Å². The fraction of sp³-hybridized carbons (Fsp3) is 0. The molecular formula is H2CaO2Ti. The largest absolute Gasteiger partial charge is 2.00 e. The Balaban J connectivity index is -0.000000000833. The van der Waals surface area contributed by atoms with Crippen LogP contribution in [0.1, 0.15) is 2.85 Å². The summed E-state index contributed by atoms with van der Waals surface area (Å²) in [5.74, 6) is 0. The van der Waals surface area contributed by atoms with Gasteiger partial charge in [-0.15, -0.1) is 0 Å². The average molecular weight is 122 g/mol. The minimum Gasteiger partial charge on any atom is -1.00 e. The van der Waals surface area contributed by atoms with E-state index in [0.717, 1.165) is 0 Å². The molecule has 0 rings (SSSR count). The Morgan fingerprint density at radius 2 is 1.25 bits per heavy atom. The summed E-state index contributed by atoms with van der Waals surface area (Å²) in [6.45, 7) is 0. The Morgan fingerprint density at radius 3 is 1.25 bits per heavy atom. The van der Waals surface area contributed by atoms with Gasteiger partial charge in [-0.1, -0.05) is 0 Å². The molecule has 0 amide bonds. The van der Waals surface area contributed by atoms with Crippen LogP contribution in [-0.4, -0.2) is 37.7 Å². The molecule has 0 radical (unpaired) electrons. The Hall–Kier alpha value is 1.57. The van der Waals surface area contributed by atoms with Crippen molar-refractivity contribution in [3.05, 3.63) is 9.93 Å². The monoisotopic (exact) mass is 122 g/mol. The minimum absolute atomic E-state index is 0. The average Bonchev–Trinajstić information content (AvgIpc) is 1.00. The van der Waals surface area contributed by atoms with Crippen LogP contribution in [0.2, 0.25) is 0 Å². The van der Waals surface area contributed by atoms with E-state index in [4.69, 9.17) is 9.93 Å². The summed E-state index contributed by atoms with van der Waals surface area (Å²) in [7, 11) is 0. The van der Waals surface area contributed by atoms with E-state index < -0.39 is 0 Å². The zero-order valence-corrected chi connectivity index (χ0v) is 5.79. The molecule has 2 nitrogen and oxygen atoms in total. The molecule has 0 aromatic heterocycles. The molecule has 0 spiro atoms. The Labute approximate surface area is 71.4 Å². The van der Waals surface area contributed by atoms with Crippen LogP contribution in [-0.2, 0) is 21.7 Å². The molecule has 0 aliphatic rings. The topological polar surface area (TPSA) is 34.1 Å². The molecule has 0 aliphatic carbocycles. The van der Waals surface area contributed by atoms with Gasteiger partial charge in [-0.05, 0) is 0 Å². The summed E-state index contributed by atoms with van der Waals surface area (Å²) in [6, 6.07) is 0. The number of rotatable bonds is 0. The molecule has 4 heavy (non-hydrogen) atoms. The molecule has 0 aromatic rings. The van der Waals surface area contributed by atoms with Crippen molar-refractivity contribution >= 4 is 37.7 Å². The van der Waals surface area contributed by atoms with Gasteiger partial charge in [-0.3, -0.25) is 0 Å². The van der Waals surface area contributed by atoms with E-state index >= 15 is 0 Å². The molecule has 20 valence electrons. The van der Waals surface area contributed by atoms with Gasteiger partial charge < -0.3 is 2.85 Å². The molecule has 0 aromatic carbocycles. The maximum Gasteiger partial charge on any atom is 2.00 e. The first kappa shape index (κ1) is 17.6. The summed E-state index contributed by atoms with van der Waals surface area (Å²) in [5, 5.41) is 0. The van der Waals surface area contributed by atoms with E-state index in [1.807, 2.05) is 0 Å². The second kappa shape index (κ2) is 23.6. The molecule has 0 saturated heterocycles. The standard InChI is InChI=1S/Ca.O2.Ti.2H/c;1-2;;;/q+2;;;2*-1. The second-order valence-corrected chi connectivity index (χ2v) is 0. The molecule has 0 unspecified atom stereocenters. The molecule has 0 atom stereocenters. The minimum atomic E-state index is 0. The van der Waals surface area contributed by atoms with Crippen molar-refractivity contribution in [2.24, 2.45) is 0 Å². The molecule has 0 heterocycles. The van der Waals surface area contributed by atoms with E-state index in [-0.39, 0.29) is 62.3 Å². The molecule has 0 N–H and O–H groups in total. The summed E-state index contributed by atoms with van der Waals surface area (Å²) < 4.78 is 0. The van der Waals surface area contributed by atoms with E-state index in [2.05, 4.69) is 0 Å². The maximum absolute atomic E-state index is 7.00. The predicted octanol–water partition coefficient (Wildman–Crippen LogP) is -0.0913. The third kappa shape index (κ3) is 9.56. The van der Waals surface area contributed by atoms with Crippen LogP contribution in [0.3, 0.4) is 0 Å². The Morgan fingerprint density at radius 1 is 1.25 bits per heavy atom. The van der Waals surface area contributed by atoms with Crippen molar-refractivity contribution in [1.82, 2.24) is 0 Å². The summed E-state index contributed by atoms with van der Waals surface area (Å²) in [6.07, 6.45) is 0. The smallest absolute Gasteiger partial charge is 1.00 e. The van der Waals surface area contributed by atoms with Crippen LogP contribution in [0.25, 0.3) is 0 Å². The van der Waals surface area contributed by atoms with Crippen molar-refractivity contribution < 1.29 is 24.6 Å². The van der Waals surface area contributed by atoms with Crippen LogP contribution in [0.15, 0.2) is 0 Å². The molecule has 0 aliphatic heterocycles. The molecule has 0 fully saturated rings. The molecule has 4 heteroatoms. The van der Waals surface area contributed by atoms with Gasteiger partial charge in [0.15, 0.2) is 0 Å². The third-order valence-corrected chi connectivity index (χ3v) is 0. The van der Waals surface area contributed by atoms with Gasteiger partial charge in [0.1, 0.15) is 0 Å². The van der Waals surface area contributed by atoms with Gasteiger partial charge in [0.05, 0.1) is 0 Å². The first-order chi connectivity index (χ1) is 1.00. The summed E-state index contributed by atoms with van der Waals surface area (Å²) in [5.41, 5.74) is 0. The fourth-order valence-electron chi connectivity index (χ4n) is 0. The fourth-order valence-corrected chi connectivity index (χ4v) is 0. The van der Waals surface area contributed by atoms with E-state index in [9.17, 15) is 0 Å². The third-order valence-electron chi connectivity index (χ3n) is 0. The van der Waals surface area contributed by atoms with Crippen LogP contribution in [0, 0.1) is 9.93 Å². The molecular weight excluding hydrogens is 120 g/mol. The number of hydrogen-bond acceptors (Lipinski definition) is 2. The summed E-state index contributed by atoms with van der Waals surface area (Å²) in [4.78, 5) is 14.0. The Bertz CT molecular complexity index is 11.5. The van der Waals surface area contributed by atoms with Crippen molar-refractivity contribution in [3.63, 3.8) is 0 Å². The first-order valence-corrected chi connectivity index (χ1v) is 0.167. The van der Waals surface area contributed by atoms with Gasteiger partial charge >= 0.3 is 37.7 Å². The summed E-state index contributed by atoms with van der Waals surface area (Å²) >= 11 is 0. The SMILES string of the molecule is O=O.[Ca+2].[H-].[H-].[Ti]. The van der Waals surface area contributed by atoms with Crippen LogP contribution < -0.4 is 0 Å². The van der Waals surface area contributed by atoms with Crippen molar-refractivity contribution in [1.29, 1.82) is 0 Å². The van der Waals surface area contributed by atoms with Gasteiger partial charge in [0, 0.05) is 31.6 Å². The van der Waals surface area contributed by atoms with Crippen LogP contribution in [0.4, 0.5) is 0 Å². The molecule has 0 bridgehead atoms. The first-order valence-electron chi connectivity index (χ1n) is 0.167. The molecule has 0 saturated carbocycles. The van der Waals surface area contributed by atoms with Crippen molar-refractivity contribution in [3.8, 4) is 0 Å². The van der Waals surface area contributed by atoms with Gasteiger partial charge in [-0.25, -0.2) is 0 Å². The second-order valence-electron chi connectivity index (χ2n) is 0. The maximum atomic E-state index is 7.00. The van der Waals surface area contributed by atoms with E-state index in [1.165, 1.54) is 0 Å². The van der Waals surface area contributed by atoms with E-state index in [1.54, 1.807) is 0 Å². The van der Waals surface area contributed by atoms with Gasteiger partial charge in [0.25, 0.3) is 0 Å². The number of hydrogen-bond donors (Lipinski definition) is 0. The predicted molar refractivity (Wildman–Crippen MR) is 14.7 cm³/mol. The van der Waals surface area contributed by atoms with Crippen LogP contribution >= 0.6 is 0 Å². The van der Waals surface area contributed by atoms with Gasteiger partial charge in [-0.2, -0.15) is 0 Å². The van der Waals surface area contributed by atoms with E-state index in [0.29, 0.717) is 0 Å². The van der Waals surface area contributed by atoms with Crippen LogP contribution in [0.5, 0.6) is 0 Å². The Kier molecular flexibility index (Phi) is 104. The quantitative estimate of drug-likeness (QED) is 0.420. The zero-order chi connectivity index (χ0) is 2.00. The van der Waals surface area contributed by atoms with Gasteiger partial charge in [0.2, 0.25) is 0 Å². The normalized spacial score (nSPS) is 1.00.